The Morgan fingerprint density at radius 1 is 1.25 bits per heavy atom. The van der Waals surface area contributed by atoms with Gasteiger partial charge in [-0.15, -0.1) is 0 Å². The van der Waals surface area contributed by atoms with E-state index in [-0.39, 0.29) is 0 Å². The van der Waals surface area contributed by atoms with Gasteiger partial charge in [0.05, 0.1) is 0 Å². The van der Waals surface area contributed by atoms with E-state index >= 15 is 0 Å². The van der Waals surface area contributed by atoms with Crippen molar-refractivity contribution in [3.8, 4) is 0 Å². The van der Waals surface area contributed by atoms with Gasteiger partial charge < -0.3 is 10.2 Å². The summed E-state index contributed by atoms with van der Waals surface area (Å²) in [7, 11) is 4.20. The van der Waals surface area contributed by atoms with E-state index in [1.807, 2.05) is 0 Å². The highest BCUT2D eigenvalue weighted by Crippen LogP contribution is 2.17. The maximum absolute atomic E-state index is 3.51. The predicted octanol–water partition coefficient (Wildman–Crippen LogP) is 1.57. The molecule has 0 saturated carbocycles. The van der Waals surface area contributed by atoms with Crippen LogP contribution in [0.15, 0.2) is 0 Å². The molecular formula is C10H24N2. The van der Waals surface area contributed by atoms with E-state index in [4.69, 9.17) is 0 Å². The SMILES string of the molecule is C[C@@H](NCCN(C)C)C(C)(C)C. The van der Waals surface area contributed by atoms with Gasteiger partial charge in [0.1, 0.15) is 0 Å². The van der Waals surface area contributed by atoms with Gasteiger partial charge in [0.25, 0.3) is 0 Å². The molecule has 0 amide bonds. The molecule has 12 heavy (non-hydrogen) atoms. The molecule has 0 spiro atoms. The molecule has 0 aromatic carbocycles. The molecule has 0 heterocycles. The molecule has 0 bridgehead atoms. The van der Waals surface area contributed by atoms with Gasteiger partial charge in [-0.25, -0.2) is 0 Å². The van der Waals surface area contributed by atoms with Crippen molar-refractivity contribution < 1.29 is 0 Å². The third-order valence-corrected chi connectivity index (χ3v) is 2.31. The maximum atomic E-state index is 3.51. The molecule has 0 unspecified atom stereocenters. The lowest BCUT2D eigenvalue weighted by molar-refractivity contribution is 0.275. The van der Waals surface area contributed by atoms with Crippen molar-refractivity contribution in [3.63, 3.8) is 0 Å². The van der Waals surface area contributed by atoms with Crippen LogP contribution < -0.4 is 5.32 Å². The van der Waals surface area contributed by atoms with Crippen molar-refractivity contribution in [2.24, 2.45) is 5.41 Å². The minimum absolute atomic E-state index is 0.367. The summed E-state index contributed by atoms with van der Waals surface area (Å²) in [5, 5.41) is 3.51. The molecule has 2 heteroatoms. The summed E-state index contributed by atoms with van der Waals surface area (Å²) in [6.07, 6.45) is 0. The van der Waals surface area contributed by atoms with Crippen LogP contribution in [-0.2, 0) is 0 Å². The van der Waals surface area contributed by atoms with Crippen LogP contribution in [0.1, 0.15) is 27.7 Å². The average Bonchev–Trinajstić information content (AvgIpc) is 1.84. The van der Waals surface area contributed by atoms with Crippen LogP contribution in [0, 0.1) is 5.41 Å². The van der Waals surface area contributed by atoms with Gasteiger partial charge in [0.15, 0.2) is 0 Å². The van der Waals surface area contributed by atoms with Gasteiger partial charge in [-0.05, 0) is 26.4 Å². The molecule has 2 nitrogen and oxygen atoms in total. The molecule has 0 aliphatic carbocycles. The number of rotatable bonds is 4. The van der Waals surface area contributed by atoms with Crippen molar-refractivity contribution in [1.82, 2.24) is 10.2 Å². The van der Waals surface area contributed by atoms with Crippen LogP contribution in [0.3, 0.4) is 0 Å². The average molecular weight is 172 g/mol. The minimum atomic E-state index is 0.367. The number of hydrogen-bond acceptors (Lipinski definition) is 2. The highest BCUT2D eigenvalue weighted by Gasteiger charge is 2.18. The summed E-state index contributed by atoms with van der Waals surface area (Å²) < 4.78 is 0. The Morgan fingerprint density at radius 3 is 2.08 bits per heavy atom. The van der Waals surface area contributed by atoms with Gasteiger partial charge >= 0.3 is 0 Å². The third-order valence-electron chi connectivity index (χ3n) is 2.31. The molecule has 0 saturated heterocycles. The number of nitrogens with zero attached hydrogens (tertiary/aromatic N) is 1. The molecule has 1 N–H and O–H groups in total. The largest absolute Gasteiger partial charge is 0.312 e. The van der Waals surface area contributed by atoms with Crippen molar-refractivity contribution >= 4 is 0 Å². The monoisotopic (exact) mass is 172 g/mol. The van der Waals surface area contributed by atoms with Crippen LogP contribution in [-0.4, -0.2) is 38.1 Å². The van der Waals surface area contributed by atoms with Gasteiger partial charge in [0, 0.05) is 19.1 Å². The zero-order chi connectivity index (χ0) is 9.78. The summed E-state index contributed by atoms with van der Waals surface area (Å²) in [5.41, 5.74) is 0.367. The molecule has 0 fully saturated rings. The molecule has 0 rings (SSSR count). The number of likely N-dealkylation sites (N-methyl/N-ethyl adjacent to an activating group) is 1. The van der Waals surface area contributed by atoms with Crippen LogP contribution >= 0.6 is 0 Å². The highest BCUT2D eigenvalue weighted by molar-refractivity contribution is 4.75. The Morgan fingerprint density at radius 2 is 1.75 bits per heavy atom. The topological polar surface area (TPSA) is 15.3 Å². The highest BCUT2D eigenvalue weighted by atomic mass is 15.1. The summed E-state index contributed by atoms with van der Waals surface area (Å²) in [6.45, 7) is 11.2. The second-order valence-electron chi connectivity index (χ2n) is 4.85. The van der Waals surface area contributed by atoms with Crippen LogP contribution in [0.4, 0.5) is 0 Å². The van der Waals surface area contributed by atoms with E-state index in [2.05, 4.69) is 52.0 Å². The second-order valence-corrected chi connectivity index (χ2v) is 4.85. The van der Waals surface area contributed by atoms with Gasteiger partial charge in [0.2, 0.25) is 0 Å². The molecule has 74 valence electrons. The number of hydrogen-bond donors (Lipinski definition) is 1. The van der Waals surface area contributed by atoms with Crippen LogP contribution in [0.2, 0.25) is 0 Å². The lowest BCUT2D eigenvalue weighted by Gasteiger charge is -2.28. The van der Waals surface area contributed by atoms with Crippen molar-refractivity contribution in [2.75, 3.05) is 27.2 Å². The fourth-order valence-electron chi connectivity index (χ4n) is 0.811. The molecule has 0 aromatic rings. The number of nitrogens with one attached hydrogen (secondary N) is 1. The lowest BCUT2D eigenvalue weighted by atomic mass is 9.88. The zero-order valence-corrected chi connectivity index (χ0v) is 9.44. The Hall–Kier alpha value is -0.0800. The molecule has 0 aliphatic rings. The van der Waals surface area contributed by atoms with Gasteiger partial charge in [-0.1, -0.05) is 20.8 Å². The van der Waals surface area contributed by atoms with Crippen molar-refractivity contribution in [2.45, 2.75) is 33.7 Å². The first kappa shape index (κ1) is 11.9. The van der Waals surface area contributed by atoms with Crippen molar-refractivity contribution in [1.29, 1.82) is 0 Å². The quantitative estimate of drug-likeness (QED) is 0.692. The van der Waals surface area contributed by atoms with Gasteiger partial charge in [-0.3, -0.25) is 0 Å². The summed E-state index contributed by atoms with van der Waals surface area (Å²) in [6, 6.07) is 0.581. The van der Waals surface area contributed by atoms with E-state index < -0.39 is 0 Å². The third kappa shape index (κ3) is 5.56. The maximum Gasteiger partial charge on any atom is 0.0101 e. The zero-order valence-electron chi connectivity index (χ0n) is 9.44. The second kappa shape index (κ2) is 4.83. The summed E-state index contributed by atoms with van der Waals surface area (Å²) >= 11 is 0. The summed E-state index contributed by atoms with van der Waals surface area (Å²) in [4.78, 5) is 2.20. The predicted molar refractivity (Wildman–Crippen MR) is 55.5 cm³/mol. The normalized spacial score (nSPS) is 15.2. The fraction of sp³-hybridized carbons (Fsp3) is 1.00. The smallest absolute Gasteiger partial charge is 0.0101 e. The first-order valence-electron chi connectivity index (χ1n) is 4.72. The van der Waals surface area contributed by atoms with Gasteiger partial charge in [-0.2, -0.15) is 0 Å². The van der Waals surface area contributed by atoms with E-state index in [1.54, 1.807) is 0 Å². The Kier molecular flexibility index (Phi) is 4.80. The van der Waals surface area contributed by atoms with Crippen molar-refractivity contribution in [3.05, 3.63) is 0 Å². The fourth-order valence-corrected chi connectivity index (χ4v) is 0.811. The molecule has 0 aromatic heterocycles. The Labute approximate surface area is 77.3 Å². The van der Waals surface area contributed by atoms with E-state index in [1.165, 1.54) is 0 Å². The first-order valence-corrected chi connectivity index (χ1v) is 4.72. The Bertz CT molecular complexity index is 113. The standard InChI is InChI=1S/C10H24N2/c1-9(10(2,3)4)11-7-8-12(5)6/h9,11H,7-8H2,1-6H3/t9-/m1/s1. The molecular weight excluding hydrogens is 148 g/mol. The lowest BCUT2D eigenvalue weighted by Crippen LogP contribution is -2.40. The summed E-state index contributed by atoms with van der Waals surface area (Å²) in [5.74, 6) is 0. The molecule has 0 radical (unpaired) electrons. The van der Waals surface area contributed by atoms with E-state index in [0.717, 1.165) is 13.1 Å². The van der Waals surface area contributed by atoms with Crippen LogP contribution in [0.5, 0.6) is 0 Å². The first-order chi connectivity index (χ1) is 5.34. The molecule has 1 atom stereocenters. The Balaban J connectivity index is 3.51. The minimum Gasteiger partial charge on any atom is -0.312 e. The van der Waals surface area contributed by atoms with E-state index in [9.17, 15) is 0 Å². The molecule has 0 aliphatic heterocycles. The van der Waals surface area contributed by atoms with Crippen LogP contribution in [0.25, 0.3) is 0 Å². The van der Waals surface area contributed by atoms with E-state index in [0.29, 0.717) is 11.5 Å².